The third kappa shape index (κ3) is 5.81. The van der Waals surface area contributed by atoms with Crippen molar-refractivity contribution >= 4 is 29.2 Å². The predicted octanol–water partition coefficient (Wildman–Crippen LogP) is 4.38. The smallest absolute Gasteiger partial charge is 0.409 e. The predicted molar refractivity (Wildman–Crippen MR) is 147 cm³/mol. The Balaban J connectivity index is 1.78. The first kappa shape index (κ1) is 26.8. The van der Waals surface area contributed by atoms with Gasteiger partial charge in [-0.25, -0.2) is 9.79 Å². The van der Waals surface area contributed by atoms with Gasteiger partial charge in [-0.1, -0.05) is 92.7 Å². The van der Waals surface area contributed by atoms with E-state index in [9.17, 15) is 14.4 Å². The Hall–Kier alpha value is -4.30. The fraction of sp³-hybridized carbons (Fsp3) is 0.267. The van der Waals surface area contributed by atoms with Crippen LogP contribution >= 0.6 is 0 Å². The van der Waals surface area contributed by atoms with E-state index in [4.69, 9.17) is 9.73 Å². The Morgan fingerprint density at radius 2 is 1.55 bits per heavy atom. The average molecular weight is 513 g/mol. The highest BCUT2D eigenvalue weighted by Gasteiger charge is 2.40. The molecule has 0 fully saturated rings. The second kappa shape index (κ2) is 12.3. The summed E-state index contributed by atoms with van der Waals surface area (Å²) in [4.78, 5) is 48.2. The van der Waals surface area contributed by atoms with Gasteiger partial charge in [-0.2, -0.15) is 0 Å². The van der Waals surface area contributed by atoms with Crippen LogP contribution in [0, 0.1) is 0 Å². The molecule has 38 heavy (non-hydrogen) atoms. The van der Waals surface area contributed by atoms with Crippen molar-refractivity contribution in [3.8, 4) is 0 Å². The summed E-state index contributed by atoms with van der Waals surface area (Å²) in [7, 11) is 0. The number of aliphatic imine (C=N–C) groups is 1. The number of hydrogen-bond acceptors (Lipinski definition) is 6. The van der Waals surface area contributed by atoms with E-state index >= 15 is 0 Å². The lowest BCUT2D eigenvalue weighted by Crippen LogP contribution is -2.59. The van der Waals surface area contributed by atoms with E-state index in [0.717, 1.165) is 11.1 Å². The molecule has 3 aromatic carbocycles. The molecule has 8 nitrogen and oxygen atoms in total. The number of likely N-dealkylation sites (N-methyl/N-ethyl adjacent to an activating group) is 1. The van der Waals surface area contributed by atoms with Crippen LogP contribution in [0.3, 0.4) is 0 Å². The summed E-state index contributed by atoms with van der Waals surface area (Å²) in [6.07, 6.45) is -2.96. The molecular formula is C30H32N4O4. The highest BCUT2D eigenvalue weighted by molar-refractivity contribution is 6.21. The Morgan fingerprint density at radius 1 is 0.947 bits per heavy atom. The third-order valence-electron chi connectivity index (χ3n) is 6.43. The number of anilines is 1. The van der Waals surface area contributed by atoms with Crippen molar-refractivity contribution in [2.75, 3.05) is 18.0 Å². The minimum Gasteiger partial charge on any atom is -0.445 e. The minimum absolute atomic E-state index is 0.0439. The molecule has 0 spiro atoms. The zero-order chi connectivity index (χ0) is 27.1. The van der Waals surface area contributed by atoms with E-state index in [1.807, 2.05) is 97.6 Å². The van der Waals surface area contributed by atoms with E-state index in [0.29, 0.717) is 30.1 Å². The number of nitrogens with zero attached hydrogens (tertiary/aromatic N) is 3. The summed E-state index contributed by atoms with van der Waals surface area (Å²) in [5.74, 6) is -0.711. The Labute approximate surface area is 222 Å². The van der Waals surface area contributed by atoms with Crippen LogP contribution in [0.5, 0.6) is 0 Å². The molecular weight excluding hydrogens is 480 g/mol. The number of alkyl carbamates (subject to hydrolysis) is 1. The van der Waals surface area contributed by atoms with Gasteiger partial charge >= 0.3 is 6.09 Å². The first-order chi connectivity index (χ1) is 18.4. The number of ketones is 1. The SMILES string of the molecule is CCN(CC)C(C(C)=O)N1C(=O)C(NC(=O)OCc2ccccc2)N=C(c2ccccc2)c2ccccc21. The number of Topliss-reactive ketones (excluding diaryl/α,β-unsaturated/α-hetero) is 1. The molecule has 1 aliphatic heterocycles. The van der Waals surface area contributed by atoms with Crippen LogP contribution in [0.15, 0.2) is 89.9 Å². The Kier molecular flexibility index (Phi) is 8.66. The summed E-state index contributed by atoms with van der Waals surface area (Å²) < 4.78 is 5.40. The molecule has 0 aliphatic carbocycles. The maximum absolute atomic E-state index is 14.1. The van der Waals surface area contributed by atoms with Gasteiger partial charge in [0.25, 0.3) is 5.91 Å². The lowest BCUT2D eigenvalue weighted by molar-refractivity contribution is -0.128. The monoisotopic (exact) mass is 512 g/mol. The summed E-state index contributed by atoms with van der Waals surface area (Å²) in [5.41, 5.74) is 3.37. The van der Waals surface area contributed by atoms with E-state index in [1.54, 1.807) is 6.07 Å². The number of nitrogens with one attached hydrogen (secondary N) is 1. The van der Waals surface area contributed by atoms with Crippen LogP contribution in [0.4, 0.5) is 10.5 Å². The molecule has 0 aromatic heterocycles. The van der Waals surface area contributed by atoms with Gasteiger partial charge in [-0.15, -0.1) is 0 Å². The number of benzodiazepines with no additional fused rings is 1. The molecule has 4 rings (SSSR count). The molecule has 0 saturated heterocycles. The molecule has 0 radical (unpaired) electrons. The largest absolute Gasteiger partial charge is 0.445 e. The van der Waals surface area contributed by atoms with Crippen molar-refractivity contribution in [3.05, 3.63) is 102 Å². The van der Waals surface area contributed by atoms with Gasteiger partial charge < -0.3 is 4.74 Å². The normalized spacial score (nSPS) is 15.8. The molecule has 2 unspecified atom stereocenters. The lowest BCUT2D eigenvalue weighted by atomic mass is 10.00. The molecule has 0 saturated carbocycles. The fourth-order valence-electron chi connectivity index (χ4n) is 4.61. The van der Waals surface area contributed by atoms with Gasteiger partial charge in [0.05, 0.1) is 11.4 Å². The number of carbonyl (C=O) groups is 3. The molecule has 196 valence electrons. The Bertz CT molecular complexity index is 1310. The van der Waals surface area contributed by atoms with Crippen LogP contribution in [0.25, 0.3) is 0 Å². The Morgan fingerprint density at radius 3 is 2.18 bits per heavy atom. The zero-order valence-corrected chi connectivity index (χ0v) is 21.8. The molecule has 3 aromatic rings. The van der Waals surface area contributed by atoms with Crippen molar-refractivity contribution in [3.63, 3.8) is 0 Å². The number of carbonyl (C=O) groups excluding carboxylic acids is 3. The first-order valence-electron chi connectivity index (χ1n) is 12.7. The number of fused-ring (bicyclic) bond motifs is 1. The lowest BCUT2D eigenvalue weighted by Gasteiger charge is -2.38. The highest BCUT2D eigenvalue weighted by Crippen LogP contribution is 2.31. The van der Waals surface area contributed by atoms with Gasteiger partial charge in [0.2, 0.25) is 6.17 Å². The highest BCUT2D eigenvalue weighted by atomic mass is 16.5. The molecule has 0 bridgehead atoms. The van der Waals surface area contributed by atoms with Crippen LogP contribution in [0.2, 0.25) is 0 Å². The van der Waals surface area contributed by atoms with Crippen molar-refractivity contribution in [2.45, 2.75) is 39.7 Å². The average Bonchev–Trinajstić information content (AvgIpc) is 3.06. The van der Waals surface area contributed by atoms with E-state index in [1.165, 1.54) is 11.8 Å². The summed E-state index contributed by atoms with van der Waals surface area (Å²) >= 11 is 0. The van der Waals surface area contributed by atoms with E-state index in [2.05, 4.69) is 5.32 Å². The first-order valence-corrected chi connectivity index (χ1v) is 12.7. The summed E-state index contributed by atoms with van der Waals surface area (Å²) in [6.45, 7) is 6.50. The van der Waals surface area contributed by atoms with Crippen LogP contribution in [-0.4, -0.2) is 53.8 Å². The van der Waals surface area contributed by atoms with E-state index in [-0.39, 0.29) is 12.4 Å². The number of hydrogen-bond donors (Lipinski definition) is 1. The summed E-state index contributed by atoms with van der Waals surface area (Å²) in [5, 5.41) is 2.64. The van der Waals surface area contributed by atoms with Crippen LogP contribution < -0.4 is 10.2 Å². The van der Waals surface area contributed by atoms with Crippen molar-refractivity contribution in [1.82, 2.24) is 10.2 Å². The number of amides is 2. The molecule has 1 N–H and O–H groups in total. The van der Waals surface area contributed by atoms with Gasteiger partial charge in [0, 0.05) is 11.1 Å². The van der Waals surface area contributed by atoms with Crippen LogP contribution in [0.1, 0.15) is 37.5 Å². The maximum atomic E-state index is 14.1. The number of rotatable bonds is 9. The molecule has 1 heterocycles. The van der Waals surface area contributed by atoms with Crippen molar-refractivity contribution in [2.24, 2.45) is 4.99 Å². The standard InChI is InChI=1S/C30H32N4O4/c1-4-33(5-2)28(21(3)35)34-25-19-13-12-18-24(25)26(23-16-10-7-11-17-23)31-27(29(34)36)32-30(37)38-20-22-14-8-6-9-15-22/h6-19,27-28H,4-5,20H2,1-3H3,(H,32,37). The van der Waals surface area contributed by atoms with Gasteiger partial charge in [0.15, 0.2) is 5.78 Å². The minimum atomic E-state index is -1.31. The molecule has 8 heteroatoms. The van der Waals surface area contributed by atoms with Crippen LogP contribution in [-0.2, 0) is 20.9 Å². The van der Waals surface area contributed by atoms with E-state index < -0.39 is 24.3 Å². The number of para-hydroxylation sites is 1. The third-order valence-corrected chi connectivity index (χ3v) is 6.43. The van der Waals surface area contributed by atoms with Gasteiger partial charge in [-0.3, -0.25) is 24.7 Å². The zero-order valence-electron chi connectivity index (χ0n) is 21.8. The van der Waals surface area contributed by atoms with Gasteiger partial charge in [-0.05, 0) is 31.6 Å². The maximum Gasteiger partial charge on any atom is 0.409 e. The topological polar surface area (TPSA) is 91.3 Å². The summed E-state index contributed by atoms with van der Waals surface area (Å²) in [6, 6.07) is 26.1. The molecule has 1 aliphatic rings. The molecule has 2 atom stereocenters. The quantitative estimate of drug-likeness (QED) is 0.460. The molecule has 2 amide bonds. The van der Waals surface area contributed by atoms with Gasteiger partial charge in [0.1, 0.15) is 12.8 Å². The number of ether oxygens (including phenoxy) is 1. The second-order valence-corrected chi connectivity index (χ2v) is 8.88. The number of benzene rings is 3. The second-order valence-electron chi connectivity index (χ2n) is 8.88. The van der Waals surface area contributed by atoms with Crippen molar-refractivity contribution in [1.29, 1.82) is 0 Å². The fourth-order valence-corrected chi connectivity index (χ4v) is 4.61. The van der Waals surface area contributed by atoms with Crippen molar-refractivity contribution < 1.29 is 19.1 Å².